The minimum atomic E-state index is -3.71. The minimum absolute atomic E-state index is 0.0885. The molecule has 0 bridgehead atoms. The van der Waals surface area contributed by atoms with Gasteiger partial charge in [0.15, 0.2) is 0 Å². The van der Waals surface area contributed by atoms with Crippen LogP contribution in [0.15, 0.2) is 52.4 Å². The van der Waals surface area contributed by atoms with Gasteiger partial charge in [0, 0.05) is 24.2 Å². The maximum Gasteiger partial charge on any atom is 0.262 e. The van der Waals surface area contributed by atoms with Crippen molar-refractivity contribution >= 4 is 27.5 Å². The smallest absolute Gasteiger partial charge is 0.262 e. The number of amides is 1. The summed E-state index contributed by atoms with van der Waals surface area (Å²) in [5.74, 6) is 0.208. The Labute approximate surface area is 153 Å². The van der Waals surface area contributed by atoms with Crippen molar-refractivity contribution < 1.29 is 13.2 Å². The van der Waals surface area contributed by atoms with Crippen molar-refractivity contribution in [3.63, 3.8) is 0 Å². The Morgan fingerprint density at radius 1 is 1.12 bits per heavy atom. The van der Waals surface area contributed by atoms with Gasteiger partial charge < -0.3 is 5.32 Å². The van der Waals surface area contributed by atoms with E-state index in [2.05, 4.69) is 15.0 Å². The largest absolute Gasteiger partial charge is 0.322 e. The Balaban J connectivity index is 1.79. The number of carbonyl (C=O) groups excluding carboxylic acids is 1. The number of hydrogen-bond acceptors (Lipinski definition) is 4. The van der Waals surface area contributed by atoms with Crippen LogP contribution in [0.5, 0.6) is 0 Å². The highest BCUT2D eigenvalue weighted by Crippen LogP contribution is 2.18. The lowest BCUT2D eigenvalue weighted by molar-refractivity contribution is 0.102. The number of hydrogen-bond donors (Lipinski definition) is 2. The van der Waals surface area contributed by atoms with Crippen LogP contribution in [-0.2, 0) is 10.0 Å². The first-order chi connectivity index (χ1) is 12.3. The standard InChI is InChI=1S/C19H21N3O3S/c1-13-8-9-17(14(2)11-13)19(23)21-15-5-3-6-16(12-15)26(24,25)22-18-7-4-10-20-18/h3,5-6,8-9,11-12H,4,7,10H2,1-2H3,(H,20,22)(H,21,23). The zero-order chi connectivity index (χ0) is 18.7. The second-order valence-corrected chi connectivity index (χ2v) is 8.02. The first-order valence-electron chi connectivity index (χ1n) is 8.40. The molecular weight excluding hydrogens is 350 g/mol. The zero-order valence-electron chi connectivity index (χ0n) is 14.7. The molecule has 26 heavy (non-hydrogen) atoms. The van der Waals surface area contributed by atoms with E-state index in [1.54, 1.807) is 18.2 Å². The minimum Gasteiger partial charge on any atom is -0.322 e. The van der Waals surface area contributed by atoms with Gasteiger partial charge in [0.2, 0.25) is 0 Å². The first-order valence-corrected chi connectivity index (χ1v) is 9.88. The number of anilines is 1. The molecule has 2 N–H and O–H groups in total. The molecule has 0 saturated heterocycles. The summed E-state index contributed by atoms with van der Waals surface area (Å²) in [5, 5.41) is 2.76. The fraction of sp³-hybridized carbons (Fsp3) is 0.263. The molecule has 6 nitrogen and oxygen atoms in total. The average molecular weight is 371 g/mol. The van der Waals surface area contributed by atoms with Gasteiger partial charge in [-0.05, 0) is 50.1 Å². The fourth-order valence-corrected chi connectivity index (χ4v) is 3.98. The highest BCUT2D eigenvalue weighted by atomic mass is 32.2. The molecule has 0 aromatic heterocycles. The van der Waals surface area contributed by atoms with Crippen molar-refractivity contribution in [2.75, 3.05) is 11.9 Å². The molecule has 0 unspecified atom stereocenters. The van der Waals surface area contributed by atoms with Crippen LogP contribution in [0.2, 0.25) is 0 Å². The van der Waals surface area contributed by atoms with E-state index in [0.29, 0.717) is 30.1 Å². The summed E-state index contributed by atoms with van der Waals surface area (Å²) in [6.07, 6.45) is 1.48. The maximum absolute atomic E-state index is 12.5. The van der Waals surface area contributed by atoms with Crippen molar-refractivity contribution in [2.24, 2.45) is 4.99 Å². The summed E-state index contributed by atoms with van der Waals surface area (Å²) in [5.41, 5.74) is 2.92. The SMILES string of the molecule is Cc1ccc(C(=O)Nc2cccc(S(=O)(=O)NC3=NCCC3)c2)c(C)c1. The lowest BCUT2D eigenvalue weighted by atomic mass is 10.1. The summed E-state index contributed by atoms with van der Waals surface area (Å²) in [6, 6.07) is 11.8. The number of benzene rings is 2. The number of sulfonamides is 1. The second-order valence-electron chi connectivity index (χ2n) is 6.34. The van der Waals surface area contributed by atoms with E-state index in [4.69, 9.17) is 0 Å². The molecule has 0 saturated carbocycles. The molecular formula is C19H21N3O3S. The molecule has 2 aromatic carbocycles. The molecule has 0 radical (unpaired) electrons. The van der Waals surface area contributed by atoms with Crippen LogP contribution < -0.4 is 10.0 Å². The molecule has 2 aromatic rings. The number of aryl methyl sites for hydroxylation is 2. The van der Waals surface area contributed by atoms with Gasteiger partial charge in [-0.15, -0.1) is 0 Å². The Kier molecular flexibility index (Phi) is 5.08. The summed E-state index contributed by atoms with van der Waals surface area (Å²) < 4.78 is 27.5. The van der Waals surface area contributed by atoms with Gasteiger partial charge in [0.05, 0.1) is 4.90 Å². The lowest BCUT2D eigenvalue weighted by Gasteiger charge is -2.11. The number of nitrogens with zero attached hydrogens (tertiary/aromatic N) is 1. The normalized spacial score (nSPS) is 14.0. The Bertz CT molecular complexity index is 981. The third kappa shape index (κ3) is 4.11. The average Bonchev–Trinajstić information content (AvgIpc) is 3.07. The Hall–Kier alpha value is -2.67. The van der Waals surface area contributed by atoms with E-state index < -0.39 is 10.0 Å². The maximum atomic E-state index is 12.5. The summed E-state index contributed by atoms with van der Waals surface area (Å²) in [6.45, 7) is 4.48. The van der Waals surface area contributed by atoms with E-state index >= 15 is 0 Å². The van der Waals surface area contributed by atoms with Crippen LogP contribution in [0.3, 0.4) is 0 Å². The van der Waals surface area contributed by atoms with Crippen molar-refractivity contribution in [1.82, 2.24) is 4.72 Å². The zero-order valence-corrected chi connectivity index (χ0v) is 15.6. The molecule has 7 heteroatoms. The van der Waals surface area contributed by atoms with Gasteiger partial charge >= 0.3 is 0 Å². The van der Waals surface area contributed by atoms with Crippen molar-refractivity contribution in [3.8, 4) is 0 Å². The van der Waals surface area contributed by atoms with Crippen LogP contribution >= 0.6 is 0 Å². The summed E-state index contributed by atoms with van der Waals surface area (Å²) >= 11 is 0. The molecule has 1 aliphatic heterocycles. The third-order valence-electron chi connectivity index (χ3n) is 4.16. The van der Waals surface area contributed by atoms with Gasteiger partial charge in [0.25, 0.3) is 15.9 Å². The van der Waals surface area contributed by atoms with Crippen LogP contribution in [0.25, 0.3) is 0 Å². The first kappa shape index (κ1) is 18.1. The van der Waals surface area contributed by atoms with E-state index in [9.17, 15) is 13.2 Å². The summed E-state index contributed by atoms with van der Waals surface area (Å²) in [7, 11) is -3.71. The fourth-order valence-electron chi connectivity index (χ4n) is 2.84. The van der Waals surface area contributed by atoms with Gasteiger partial charge in [-0.25, -0.2) is 8.42 Å². The van der Waals surface area contributed by atoms with Gasteiger partial charge in [-0.3, -0.25) is 14.5 Å². The lowest BCUT2D eigenvalue weighted by Crippen LogP contribution is -2.29. The topological polar surface area (TPSA) is 87.6 Å². The number of rotatable bonds is 4. The molecule has 1 heterocycles. The van der Waals surface area contributed by atoms with Crippen LogP contribution in [0.1, 0.15) is 34.3 Å². The van der Waals surface area contributed by atoms with Gasteiger partial charge in [-0.1, -0.05) is 23.8 Å². The van der Waals surface area contributed by atoms with Crippen molar-refractivity contribution in [1.29, 1.82) is 0 Å². The number of carbonyl (C=O) groups is 1. The molecule has 1 aliphatic rings. The Morgan fingerprint density at radius 2 is 1.92 bits per heavy atom. The van der Waals surface area contributed by atoms with Gasteiger partial charge in [0.1, 0.15) is 5.84 Å². The number of aliphatic imine (C=N–C) groups is 1. The van der Waals surface area contributed by atoms with E-state index in [1.165, 1.54) is 12.1 Å². The van der Waals surface area contributed by atoms with Crippen molar-refractivity contribution in [3.05, 3.63) is 59.2 Å². The van der Waals surface area contributed by atoms with Crippen LogP contribution in [0, 0.1) is 13.8 Å². The predicted octanol–water partition coefficient (Wildman–Crippen LogP) is 3.03. The Morgan fingerprint density at radius 3 is 2.62 bits per heavy atom. The molecule has 3 rings (SSSR count). The van der Waals surface area contributed by atoms with Crippen LogP contribution in [-0.4, -0.2) is 26.7 Å². The quantitative estimate of drug-likeness (QED) is 0.866. The third-order valence-corrected chi connectivity index (χ3v) is 5.53. The molecule has 136 valence electrons. The highest BCUT2D eigenvalue weighted by Gasteiger charge is 2.19. The highest BCUT2D eigenvalue weighted by molar-refractivity contribution is 7.90. The van der Waals surface area contributed by atoms with Crippen molar-refractivity contribution in [2.45, 2.75) is 31.6 Å². The van der Waals surface area contributed by atoms with Gasteiger partial charge in [-0.2, -0.15) is 0 Å². The summed E-state index contributed by atoms with van der Waals surface area (Å²) in [4.78, 5) is 16.7. The molecule has 0 atom stereocenters. The monoisotopic (exact) mass is 371 g/mol. The second kappa shape index (κ2) is 7.29. The molecule has 0 spiro atoms. The van der Waals surface area contributed by atoms with E-state index in [0.717, 1.165) is 17.5 Å². The van der Waals surface area contributed by atoms with E-state index in [1.807, 2.05) is 26.0 Å². The number of amidine groups is 1. The molecule has 0 aliphatic carbocycles. The number of nitrogens with one attached hydrogen (secondary N) is 2. The predicted molar refractivity (Wildman–Crippen MR) is 102 cm³/mol. The van der Waals surface area contributed by atoms with Crippen LogP contribution in [0.4, 0.5) is 5.69 Å². The molecule has 0 fully saturated rings. The van der Waals surface area contributed by atoms with E-state index in [-0.39, 0.29) is 10.8 Å². The molecule has 1 amide bonds.